The van der Waals surface area contributed by atoms with Crippen molar-refractivity contribution in [1.82, 2.24) is 5.32 Å². The Balaban J connectivity index is 0.00000242. The lowest BCUT2D eigenvalue weighted by atomic mass is 9.83. The van der Waals surface area contributed by atoms with E-state index < -0.39 is 5.41 Å². The van der Waals surface area contributed by atoms with Crippen LogP contribution in [-0.2, 0) is 16.8 Å². The molecule has 0 heterocycles. The highest BCUT2D eigenvalue weighted by molar-refractivity contribution is 5.98. The molecule has 0 aromatic heterocycles. The average molecular weight is 319 g/mol. The Kier molecular flexibility index (Phi) is 6.60. The van der Waals surface area contributed by atoms with Gasteiger partial charge in [0.25, 0.3) is 0 Å². The number of carbonyl (C=O) groups excluding carboxylic acids is 1. The van der Waals surface area contributed by atoms with Crippen LogP contribution in [0.3, 0.4) is 0 Å². The monoisotopic (exact) mass is 318 g/mol. The second-order valence-electron chi connectivity index (χ2n) is 5.67. The van der Waals surface area contributed by atoms with E-state index in [1.54, 1.807) is 0 Å². The van der Waals surface area contributed by atoms with Crippen molar-refractivity contribution in [2.75, 3.05) is 12.4 Å². The number of hydrogen-bond donors (Lipinski definition) is 2. The number of amides is 1. The summed E-state index contributed by atoms with van der Waals surface area (Å²) in [5.41, 5.74) is 2.46. The smallest absolute Gasteiger partial charge is 0.234 e. The SMILES string of the molecule is CNCc1ccc(NC(=O)C(C)(C)c2ccccc2)cc1.Cl. The van der Waals surface area contributed by atoms with E-state index in [2.05, 4.69) is 10.6 Å². The summed E-state index contributed by atoms with van der Waals surface area (Å²) in [5.74, 6) is -0.00457. The summed E-state index contributed by atoms with van der Waals surface area (Å²) >= 11 is 0. The van der Waals surface area contributed by atoms with E-state index in [1.165, 1.54) is 5.56 Å². The number of benzene rings is 2. The van der Waals surface area contributed by atoms with Gasteiger partial charge in [0.1, 0.15) is 0 Å². The van der Waals surface area contributed by atoms with E-state index >= 15 is 0 Å². The topological polar surface area (TPSA) is 41.1 Å². The standard InChI is InChI=1S/C18H22N2O.ClH/c1-18(2,15-7-5-4-6-8-15)17(21)20-16-11-9-14(10-12-16)13-19-3;/h4-12,19H,13H2,1-3H3,(H,20,21);1H. The van der Waals surface area contributed by atoms with Crippen LogP contribution in [0.15, 0.2) is 54.6 Å². The van der Waals surface area contributed by atoms with E-state index in [0.29, 0.717) is 0 Å². The van der Waals surface area contributed by atoms with Crippen molar-refractivity contribution in [3.63, 3.8) is 0 Å². The number of anilines is 1. The molecule has 0 saturated carbocycles. The average Bonchev–Trinajstić information content (AvgIpc) is 2.50. The molecule has 0 aliphatic rings. The summed E-state index contributed by atoms with van der Waals surface area (Å²) in [6.07, 6.45) is 0. The van der Waals surface area contributed by atoms with Crippen LogP contribution < -0.4 is 10.6 Å². The van der Waals surface area contributed by atoms with Crippen molar-refractivity contribution in [3.8, 4) is 0 Å². The van der Waals surface area contributed by atoms with Gasteiger partial charge in [-0.1, -0.05) is 42.5 Å². The number of halogens is 1. The molecule has 0 aliphatic heterocycles. The molecule has 0 aliphatic carbocycles. The molecule has 0 fully saturated rings. The summed E-state index contributed by atoms with van der Waals surface area (Å²) in [6.45, 7) is 4.70. The van der Waals surface area contributed by atoms with E-state index in [1.807, 2.05) is 75.5 Å². The lowest BCUT2D eigenvalue weighted by Crippen LogP contribution is -2.34. The Hall–Kier alpha value is -1.84. The summed E-state index contributed by atoms with van der Waals surface area (Å²) in [5, 5.41) is 6.09. The Morgan fingerprint density at radius 3 is 2.14 bits per heavy atom. The predicted octanol–water partition coefficient (Wildman–Crippen LogP) is 3.74. The molecule has 0 radical (unpaired) electrons. The Labute approximate surface area is 138 Å². The third kappa shape index (κ3) is 4.33. The number of hydrogen-bond acceptors (Lipinski definition) is 2. The van der Waals surface area contributed by atoms with Crippen molar-refractivity contribution in [2.24, 2.45) is 0 Å². The fraction of sp³-hybridized carbons (Fsp3) is 0.278. The highest BCUT2D eigenvalue weighted by Gasteiger charge is 2.29. The zero-order chi connectivity index (χ0) is 15.3. The molecule has 4 heteroatoms. The van der Waals surface area contributed by atoms with Gasteiger partial charge >= 0.3 is 0 Å². The molecule has 1 amide bonds. The first-order valence-electron chi connectivity index (χ1n) is 7.14. The molecule has 0 unspecified atom stereocenters. The molecule has 2 aromatic carbocycles. The molecular formula is C18H23ClN2O. The molecule has 118 valence electrons. The van der Waals surface area contributed by atoms with Crippen LogP contribution in [0.2, 0.25) is 0 Å². The summed E-state index contributed by atoms with van der Waals surface area (Å²) < 4.78 is 0. The highest BCUT2D eigenvalue weighted by atomic mass is 35.5. The van der Waals surface area contributed by atoms with Crippen molar-refractivity contribution < 1.29 is 4.79 Å². The van der Waals surface area contributed by atoms with Gasteiger partial charge in [0.15, 0.2) is 0 Å². The van der Waals surface area contributed by atoms with E-state index in [4.69, 9.17) is 0 Å². The maximum atomic E-state index is 12.5. The predicted molar refractivity (Wildman–Crippen MR) is 94.6 cm³/mol. The van der Waals surface area contributed by atoms with E-state index in [0.717, 1.165) is 17.8 Å². The van der Waals surface area contributed by atoms with Gasteiger partial charge in [-0.25, -0.2) is 0 Å². The minimum Gasteiger partial charge on any atom is -0.325 e. The maximum absolute atomic E-state index is 12.5. The molecule has 22 heavy (non-hydrogen) atoms. The molecule has 0 saturated heterocycles. The largest absolute Gasteiger partial charge is 0.325 e. The van der Waals surface area contributed by atoms with Crippen LogP contribution in [0, 0.1) is 0 Å². The van der Waals surface area contributed by atoms with Crippen LogP contribution in [0.1, 0.15) is 25.0 Å². The van der Waals surface area contributed by atoms with Crippen molar-refractivity contribution in [3.05, 3.63) is 65.7 Å². The van der Waals surface area contributed by atoms with E-state index in [9.17, 15) is 4.79 Å². The molecule has 3 nitrogen and oxygen atoms in total. The van der Waals surface area contributed by atoms with Crippen LogP contribution in [-0.4, -0.2) is 13.0 Å². The summed E-state index contributed by atoms with van der Waals surface area (Å²) in [4.78, 5) is 12.5. The van der Waals surface area contributed by atoms with Gasteiger partial charge in [0.05, 0.1) is 5.41 Å². The number of rotatable bonds is 5. The van der Waals surface area contributed by atoms with Crippen molar-refractivity contribution >= 4 is 24.0 Å². The first-order valence-corrected chi connectivity index (χ1v) is 7.14. The zero-order valence-corrected chi connectivity index (χ0v) is 14.0. The van der Waals surface area contributed by atoms with Crippen LogP contribution in [0.4, 0.5) is 5.69 Å². The third-order valence-corrected chi connectivity index (χ3v) is 3.66. The molecule has 2 N–H and O–H groups in total. The van der Waals surface area contributed by atoms with Crippen molar-refractivity contribution in [2.45, 2.75) is 25.8 Å². The molecule has 2 rings (SSSR count). The van der Waals surface area contributed by atoms with Crippen LogP contribution >= 0.6 is 12.4 Å². The molecular weight excluding hydrogens is 296 g/mol. The normalized spacial score (nSPS) is 10.7. The van der Waals surface area contributed by atoms with Gasteiger partial charge in [0.2, 0.25) is 5.91 Å². The van der Waals surface area contributed by atoms with Gasteiger partial charge < -0.3 is 10.6 Å². The Morgan fingerprint density at radius 2 is 1.59 bits per heavy atom. The van der Waals surface area contributed by atoms with Crippen LogP contribution in [0.5, 0.6) is 0 Å². The number of carbonyl (C=O) groups is 1. The summed E-state index contributed by atoms with van der Waals surface area (Å²) in [6, 6.07) is 17.7. The van der Waals surface area contributed by atoms with Gasteiger partial charge in [-0.15, -0.1) is 12.4 Å². The van der Waals surface area contributed by atoms with Gasteiger partial charge in [0, 0.05) is 12.2 Å². The third-order valence-electron chi connectivity index (χ3n) is 3.66. The Bertz CT molecular complexity index is 594. The second kappa shape index (κ2) is 7.97. The molecule has 0 spiro atoms. The Morgan fingerprint density at radius 1 is 1.00 bits per heavy atom. The van der Waals surface area contributed by atoms with Gasteiger partial charge in [-0.05, 0) is 44.2 Å². The first-order chi connectivity index (χ1) is 10.0. The van der Waals surface area contributed by atoms with Gasteiger partial charge in [-0.3, -0.25) is 4.79 Å². The number of nitrogens with one attached hydrogen (secondary N) is 2. The fourth-order valence-corrected chi connectivity index (χ4v) is 2.18. The molecule has 2 aromatic rings. The zero-order valence-electron chi connectivity index (χ0n) is 13.2. The first kappa shape index (κ1) is 18.2. The van der Waals surface area contributed by atoms with E-state index in [-0.39, 0.29) is 18.3 Å². The minimum absolute atomic E-state index is 0. The maximum Gasteiger partial charge on any atom is 0.234 e. The van der Waals surface area contributed by atoms with Crippen LogP contribution in [0.25, 0.3) is 0 Å². The lowest BCUT2D eigenvalue weighted by Gasteiger charge is -2.24. The quantitative estimate of drug-likeness (QED) is 0.881. The van der Waals surface area contributed by atoms with Crippen molar-refractivity contribution in [1.29, 1.82) is 0 Å². The molecule has 0 atom stereocenters. The molecule has 0 bridgehead atoms. The second-order valence-corrected chi connectivity index (χ2v) is 5.67. The lowest BCUT2D eigenvalue weighted by molar-refractivity contribution is -0.120. The van der Waals surface area contributed by atoms with Gasteiger partial charge in [-0.2, -0.15) is 0 Å². The highest BCUT2D eigenvalue weighted by Crippen LogP contribution is 2.25. The fourth-order valence-electron chi connectivity index (χ4n) is 2.18. The summed E-state index contributed by atoms with van der Waals surface area (Å²) in [7, 11) is 1.91. The minimum atomic E-state index is -0.565.